The third-order valence-electron chi connectivity index (χ3n) is 3.50. The lowest BCUT2D eigenvalue weighted by Gasteiger charge is -2.34. The first-order valence-electron chi connectivity index (χ1n) is 6.78. The Morgan fingerprint density at radius 2 is 2.38 bits per heavy atom. The van der Waals surface area contributed by atoms with E-state index in [1.165, 1.54) is 0 Å². The van der Waals surface area contributed by atoms with Crippen molar-refractivity contribution in [3.63, 3.8) is 0 Å². The second kappa shape index (κ2) is 7.05. The molecule has 7 nitrogen and oxygen atoms in total. The van der Waals surface area contributed by atoms with E-state index >= 15 is 0 Å². The number of nitrogens with one attached hydrogen (secondary N) is 2. The number of ether oxygens (including phenoxy) is 1. The van der Waals surface area contributed by atoms with Crippen molar-refractivity contribution in [3.8, 4) is 5.75 Å². The zero-order chi connectivity index (χ0) is 15.2. The first-order chi connectivity index (χ1) is 10.1. The summed E-state index contributed by atoms with van der Waals surface area (Å²) in [7, 11) is 1.61. The topological polar surface area (TPSA) is 96.7 Å². The van der Waals surface area contributed by atoms with Gasteiger partial charge in [0, 0.05) is 19.6 Å². The van der Waals surface area contributed by atoms with E-state index in [1.807, 2.05) is 29.2 Å². The number of rotatable bonds is 5. The molecule has 21 heavy (non-hydrogen) atoms. The molecule has 2 rings (SSSR count). The highest BCUT2D eigenvalue weighted by Crippen LogP contribution is 2.17. The molecule has 114 valence electrons. The fourth-order valence-corrected chi connectivity index (χ4v) is 2.41. The minimum Gasteiger partial charge on any atom is -0.497 e. The van der Waals surface area contributed by atoms with Crippen LogP contribution >= 0.6 is 0 Å². The van der Waals surface area contributed by atoms with Gasteiger partial charge in [0.15, 0.2) is 0 Å². The number of benzene rings is 1. The van der Waals surface area contributed by atoms with Crippen LogP contribution in [0.15, 0.2) is 24.3 Å². The van der Waals surface area contributed by atoms with Crippen LogP contribution < -0.4 is 21.3 Å². The van der Waals surface area contributed by atoms with E-state index in [0.29, 0.717) is 19.6 Å². The quantitative estimate of drug-likeness (QED) is 0.382. The fraction of sp³-hybridized carbons (Fsp3) is 0.429. The van der Waals surface area contributed by atoms with E-state index in [4.69, 9.17) is 10.6 Å². The van der Waals surface area contributed by atoms with Crippen LogP contribution in [-0.2, 0) is 16.1 Å². The molecule has 1 fully saturated rings. The van der Waals surface area contributed by atoms with Crippen molar-refractivity contribution in [2.75, 3.05) is 20.2 Å². The van der Waals surface area contributed by atoms with Crippen LogP contribution in [0.1, 0.15) is 12.0 Å². The molecule has 0 spiro atoms. The van der Waals surface area contributed by atoms with Crippen LogP contribution in [0.3, 0.4) is 0 Å². The second-order valence-corrected chi connectivity index (χ2v) is 4.90. The van der Waals surface area contributed by atoms with Gasteiger partial charge in [0.1, 0.15) is 5.75 Å². The summed E-state index contributed by atoms with van der Waals surface area (Å²) in [6, 6.07) is 7.15. The SMILES string of the molecule is COc1cccc(CN2CCNC(=O)C2CC(=O)NN)c1. The van der Waals surface area contributed by atoms with Gasteiger partial charge >= 0.3 is 0 Å². The molecule has 1 atom stereocenters. The maximum atomic E-state index is 12.0. The Bertz CT molecular complexity index is 521. The Morgan fingerprint density at radius 1 is 1.57 bits per heavy atom. The fourth-order valence-electron chi connectivity index (χ4n) is 2.41. The summed E-state index contributed by atoms with van der Waals surface area (Å²) >= 11 is 0. The lowest BCUT2D eigenvalue weighted by molar-refractivity contribution is -0.134. The van der Waals surface area contributed by atoms with Crippen molar-refractivity contribution in [2.24, 2.45) is 5.84 Å². The standard InChI is InChI=1S/C14H20N4O3/c1-21-11-4-2-3-10(7-11)9-18-6-5-16-14(20)12(18)8-13(19)17-15/h2-4,7,12H,5-6,8-9,15H2,1H3,(H,16,20)(H,17,19). The summed E-state index contributed by atoms with van der Waals surface area (Å²) in [5.74, 6) is 5.37. The van der Waals surface area contributed by atoms with Crippen molar-refractivity contribution in [1.82, 2.24) is 15.6 Å². The molecule has 0 radical (unpaired) electrons. The average Bonchev–Trinajstić information content (AvgIpc) is 2.50. The van der Waals surface area contributed by atoms with Crippen molar-refractivity contribution in [2.45, 2.75) is 19.0 Å². The predicted molar refractivity (Wildman–Crippen MR) is 77.1 cm³/mol. The monoisotopic (exact) mass is 292 g/mol. The highest BCUT2D eigenvalue weighted by molar-refractivity contribution is 5.88. The van der Waals surface area contributed by atoms with Crippen LogP contribution in [0.25, 0.3) is 0 Å². The number of nitrogens with zero attached hydrogens (tertiary/aromatic N) is 1. The van der Waals surface area contributed by atoms with Crippen molar-refractivity contribution in [1.29, 1.82) is 0 Å². The molecule has 0 saturated carbocycles. The second-order valence-electron chi connectivity index (χ2n) is 4.90. The molecule has 1 heterocycles. The summed E-state index contributed by atoms with van der Waals surface area (Å²) in [5, 5.41) is 2.77. The van der Waals surface area contributed by atoms with Gasteiger partial charge in [-0.25, -0.2) is 5.84 Å². The number of hydrogen-bond donors (Lipinski definition) is 3. The maximum Gasteiger partial charge on any atom is 0.237 e. The number of piperazine rings is 1. The molecule has 0 aliphatic carbocycles. The Labute approximate surface area is 123 Å². The van der Waals surface area contributed by atoms with Gasteiger partial charge in [-0.3, -0.25) is 19.9 Å². The molecule has 1 aromatic rings. The van der Waals surface area contributed by atoms with Crippen molar-refractivity contribution in [3.05, 3.63) is 29.8 Å². The number of nitrogens with two attached hydrogens (primary N) is 1. The molecule has 1 aliphatic heterocycles. The number of amides is 2. The minimum absolute atomic E-state index is 0.0479. The molecule has 2 amide bonds. The molecule has 4 N–H and O–H groups in total. The van der Waals surface area contributed by atoms with Gasteiger partial charge in [-0.2, -0.15) is 0 Å². The third-order valence-corrected chi connectivity index (χ3v) is 3.50. The van der Waals surface area contributed by atoms with Gasteiger partial charge in [-0.1, -0.05) is 12.1 Å². The number of carbonyl (C=O) groups excluding carboxylic acids is 2. The summed E-state index contributed by atoms with van der Waals surface area (Å²) in [4.78, 5) is 25.4. The van der Waals surface area contributed by atoms with E-state index in [-0.39, 0.29) is 18.2 Å². The van der Waals surface area contributed by atoms with Crippen LogP contribution in [0.2, 0.25) is 0 Å². The summed E-state index contributed by atoms with van der Waals surface area (Å²) in [6.45, 7) is 1.84. The smallest absolute Gasteiger partial charge is 0.237 e. The van der Waals surface area contributed by atoms with Crippen LogP contribution in [0, 0.1) is 0 Å². The Morgan fingerprint density at radius 3 is 3.10 bits per heavy atom. The van der Waals surface area contributed by atoms with E-state index in [0.717, 1.165) is 11.3 Å². The summed E-state index contributed by atoms with van der Waals surface area (Å²) in [6.07, 6.45) is 0.0479. The Hall–Kier alpha value is -2.12. The van der Waals surface area contributed by atoms with E-state index in [9.17, 15) is 9.59 Å². The normalized spacial score (nSPS) is 19.0. The first kappa shape index (κ1) is 15.3. The third kappa shape index (κ3) is 3.93. The zero-order valence-electron chi connectivity index (χ0n) is 12.0. The molecule has 1 unspecified atom stereocenters. The lowest BCUT2D eigenvalue weighted by atomic mass is 10.1. The Balaban J connectivity index is 2.10. The van der Waals surface area contributed by atoms with Gasteiger partial charge in [0.25, 0.3) is 0 Å². The van der Waals surface area contributed by atoms with Crippen molar-refractivity contribution < 1.29 is 14.3 Å². The molecule has 0 bridgehead atoms. The average molecular weight is 292 g/mol. The molecule has 1 aromatic carbocycles. The van der Waals surface area contributed by atoms with Gasteiger partial charge < -0.3 is 10.1 Å². The lowest BCUT2D eigenvalue weighted by Crippen LogP contribution is -2.56. The highest BCUT2D eigenvalue weighted by Gasteiger charge is 2.31. The molecular formula is C14H20N4O3. The zero-order valence-corrected chi connectivity index (χ0v) is 12.0. The molecular weight excluding hydrogens is 272 g/mol. The van der Waals surface area contributed by atoms with E-state index < -0.39 is 6.04 Å². The van der Waals surface area contributed by atoms with E-state index in [1.54, 1.807) is 7.11 Å². The number of hydrazine groups is 1. The van der Waals surface area contributed by atoms with Crippen LogP contribution in [-0.4, -0.2) is 43.0 Å². The van der Waals surface area contributed by atoms with Gasteiger partial charge in [-0.15, -0.1) is 0 Å². The van der Waals surface area contributed by atoms with Gasteiger partial charge in [0.2, 0.25) is 11.8 Å². The maximum absolute atomic E-state index is 12.0. The predicted octanol–water partition coefficient (Wildman–Crippen LogP) is -0.624. The minimum atomic E-state index is -0.506. The van der Waals surface area contributed by atoms with Crippen LogP contribution in [0.4, 0.5) is 0 Å². The molecule has 7 heteroatoms. The first-order valence-corrected chi connectivity index (χ1v) is 6.78. The summed E-state index contributed by atoms with van der Waals surface area (Å²) < 4.78 is 5.20. The number of carbonyl (C=O) groups is 2. The molecule has 0 aromatic heterocycles. The van der Waals surface area contributed by atoms with Crippen molar-refractivity contribution >= 4 is 11.8 Å². The number of methoxy groups -OCH3 is 1. The van der Waals surface area contributed by atoms with E-state index in [2.05, 4.69) is 10.7 Å². The largest absolute Gasteiger partial charge is 0.497 e. The van der Waals surface area contributed by atoms with Gasteiger partial charge in [0.05, 0.1) is 19.6 Å². The van der Waals surface area contributed by atoms with Gasteiger partial charge in [-0.05, 0) is 17.7 Å². The molecule has 1 saturated heterocycles. The Kier molecular flexibility index (Phi) is 5.13. The molecule has 1 aliphatic rings. The summed E-state index contributed by atoms with van der Waals surface area (Å²) in [5.41, 5.74) is 3.10. The van der Waals surface area contributed by atoms with Crippen LogP contribution in [0.5, 0.6) is 5.75 Å². The highest BCUT2D eigenvalue weighted by atomic mass is 16.5. The number of hydrogen-bond acceptors (Lipinski definition) is 5.